The zero-order valence-electron chi connectivity index (χ0n) is 19.4. The van der Waals surface area contributed by atoms with Crippen molar-refractivity contribution in [3.63, 3.8) is 0 Å². The Morgan fingerprint density at radius 2 is 1.94 bits per heavy atom. The Morgan fingerprint density at radius 3 is 2.66 bits per heavy atom. The second-order valence-electron chi connectivity index (χ2n) is 8.80. The molecule has 2 aromatic heterocycles. The second-order valence-corrected chi connectivity index (χ2v) is 8.80. The lowest BCUT2D eigenvalue weighted by atomic mass is 9.95. The lowest BCUT2D eigenvalue weighted by Gasteiger charge is -2.40. The van der Waals surface area contributed by atoms with Gasteiger partial charge in [-0.25, -0.2) is 14.8 Å². The predicted molar refractivity (Wildman–Crippen MR) is 134 cm³/mol. The van der Waals surface area contributed by atoms with Gasteiger partial charge in [0.1, 0.15) is 6.07 Å². The first kappa shape index (κ1) is 22.3. The largest absolute Gasteiger partial charge is 0.478 e. The summed E-state index contributed by atoms with van der Waals surface area (Å²) in [6.45, 7) is 5.36. The van der Waals surface area contributed by atoms with Gasteiger partial charge in [0, 0.05) is 42.1 Å². The van der Waals surface area contributed by atoms with E-state index in [1.807, 2.05) is 44.2 Å². The van der Waals surface area contributed by atoms with Crippen molar-refractivity contribution in [1.82, 2.24) is 15.0 Å². The summed E-state index contributed by atoms with van der Waals surface area (Å²) in [5.41, 5.74) is 5.27. The topological polar surface area (TPSA) is 115 Å². The molecule has 1 aliphatic rings. The van der Waals surface area contributed by atoms with E-state index in [1.54, 1.807) is 30.5 Å². The van der Waals surface area contributed by atoms with E-state index in [1.165, 1.54) is 0 Å². The van der Waals surface area contributed by atoms with Crippen LogP contribution in [0.25, 0.3) is 11.0 Å². The normalized spacial score (nSPS) is 14.3. The predicted octanol–water partition coefficient (Wildman–Crippen LogP) is 4.68. The molecule has 3 heterocycles. The molecule has 0 aliphatic carbocycles. The summed E-state index contributed by atoms with van der Waals surface area (Å²) < 4.78 is 0. The van der Waals surface area contributed by atoms with Crippen LogP contribution >= 0.6 is 0 Å². The number of carboxylic acid groups (broad SMARTS) is 1. The number of aryl methyl sites for hydroxylation is 1. The van der Waals surface area contributed by atoms with E-state index in [4.69, 9.17) is 4.98 Å². The molecule has 0 saturated carbocycles. The van der Waals surface area contributed by atoms with Crippen molar-refractivity contribution < 1.29 is 9.90 Å². The molecule has 0 radical (unpaired) electrons. The van der Waals surface area contributed by atoms with Gasteiger partial charge in [-0.1, -0.05) is 24.3 Å². The number of hydrogen-bond acceptors (Lipinski definition) is 7. The Kier molecular flexibility index (Phi) is 5.75. The zero-order chi connectivity index (χ0) is 24.5. The fourth-order valence-electron chi connectivity index (χ4n) is 4.51. The van der Waals surface area contributed by atoms with Crippen molar-refractivity contribution in [2.45, 2.75) is 25.8 Å². The van der Waals surface area contributed by atoms with Gasteiger partial charge >= 0.3 is 5.97 Å². The highest BCUT2D eigenvalue weighted by Gasteiger charge is 2.32. The number of nitriles is 1. The number of aromatic carboxylic acids is 1. The smallest absolute Gasteiger partial charge is 0.337 e. The van der Waals surface area contributed by atoms with E-state index in [0.717, 1.165) is 16.8 Å². The Bertz CT molecular complexity index is 1460. The lowest BCUT2D eigenvalue weighted by Crippen LogP contribution is -2.46. The van der Waals surface area contributed by atoms with Crippen LogP contribution in [-0.4, -0.2) is 39.1 Å². The molecule has 5 rings (SSSR count). The number of nitrogens with one attached hydrogen (secondary N) is 1. The molecule has 35 heavy (non-hydrogen) atoms. The SMILES string of the molecule is Cc1cc([C@@H](C)Nc2ccccc2C(=O)O)c2nc(N3CC(c4ccccn4)C3)c(C#N)nc2c1. The molecule has 0 bridgehead atoms. The number of fused-ring (bicyclic) bond motifs is 1. The maximum atomic E-state index is 11.7. The van der Waals surface area contributed by atoms with Crippen molar-refractivity contribution in [3.8, 4) is 6.07 Å². The number of pyridine rings is 1. The van der Waals surface area contributed by atoms with Crippen LogP contribution in [-0.2, 0) is 0 Å². The third-order valence-corrected chi connectivity index (χ3v) is 6.31. The van der Waals surface area contributed by atoms with Crippen LogP contribution in [0.15, 0.2) is 60.8 Å². The highest BCUT2D eigenvalue weighted by molar-refractivity contribution is 5.94. The number of rotatable bonds is 6. The highest BCUT2D eigenvalue weighted by Crippen LogP contribution is 2.34. The third kappa shape index (κ3) is 4.24. The molecule has 8 nitrogen and oxygen atoms in total. The molecular formula is C27H24N6O2. The Labute approximate surface area is 202 Å². The van der Waals surface area contributed by atoms with Gasteiger partial charge in [-0.3, -0.25) is 4.98 Å². The summed E-state index contributed by atoms with van der Waals surface area (Å²) in [4.78, 5) is 27.7. The lowest BCUT2D eigenvalue weighted by molar-refractivity contribution is 0.0698. The van der Waals surface area contributed by atoms with Crippen molar-refractivity contribution >= 4 is 28.5 Å². The first-order chi connectivity index (χ1) is 16.9. The number of aromatic nitrogens is 3. The fraction of sp³-hybridized carbons (Fsp3) is 0.222. The highest BCUT2D eigenvalue weighted by atomic mass is 16.4. The molecule has 0 unspecified atom stereocenters. The maximum Gasteiger partial charge on any atom is 0.337 e. The second kappa shape index (κ2) is 9.03. The summed E-state index contributed by atoms with van der Waals surface area (Å²) >= 11 is 0. The average Bonchev–Trinajstić information content (AvgIpc) is 2.83. The molecule has 1 atom stereocenters. The van der Waals surface area contributed by atoms with Crippen LogP contribution in [0.2, 0.25) is 0 Å². The van der Waals surface area contributed by atoms with Gasteiger partial charge in [-0.05, 0) is 49.7 Å². The molecule has 0 amide bonds. The number of para-hydroxylation sites is 1. The van der Waals surface area contributed by atoms with Crippen LogP contribution < -0.4 is 10.2 Å². The molecule has 2 aromatic carbocycles. The van der Waals surface area contributed by atoms with Crippen molar-refractivity contribution in [2.75, 3.05) is 23.3 Å². The zero-order valence-corrected chi connectivity index (χ0v) is 19.4. The fourth-order valence-corrected chi connectivity index (χ4v) is 4.51. The summed E-state index contributed by atoms with van der Waals surface area (Å²) in [6, 6.07) is 18.6. The molecule has 1 aliphatic heterocycles. The minimum Gasteiger partial charge on any atom is -0.478 e. The minimum atomic E-state index is -0.990. The van der Waals surface area contributed by atoms with Gasteiger partial charge in [0.15, 0.2) is 11.5 Å². The quantitative estimate of drug-likeness (QED) is 0.423. The molecular weight excluding hydrogens is 440 g/mol. The first-order valence-electron chi connectivity index (χ1n) is 11.4. The monoisotopic (exact) mass is 464 g/mol. The van der Waals surface area contributed by atoms with Crippen molar-refractivity contribution in [3.05, 3.63) is 88.9 Å². The van der Waals surface area contributed by atoms with E-state index in [-0.39, 0.29) is 17.5 Å². The van der Waals surface area contributed by atoms with Crippen molar-refractivity contribution in [1.29, 1.82) is 5.26 Å². The van der Waals surface area contributed by atoms with E-state index in [9.17, 15) is 15.2 Å². The Morgan fingerprint density at radius 1 is 1.17 bits per heavy atom. The molecule has 1 fully saturated rings. The van der Waals surface area contributed by atoms with Crippen LogP contribution in [0, 0.1) is 18.3 Å². The standard InChI is InChI=1S/C27H24N6O2/c1-16-11-20(17(2)30-22-9-4-3-7-19(22)27(34)35)25-23(12-16)31-24(13-28)26(32-25)33-14-18(15-33)21-8-5-6-10-29-21/h3-12,17-18,30H,14-15H2,1-2H3,(H,34,35)/t17-/m1/s1. The summed E-state index contributed by atoms with van der Waals surface area (Å²) in [5.74, 6) is -0.142. The van der Waals surface area contributed by atoms with Gasteiger partial charge < -0.3 is 15.3 Å². The molecule has 1 saturated heterocycles. The van der Waals surface area contributed by atoms with Gasteiger partial charge in [0.25, 0.3) is 0 Å². The van der Waals surface area contributed by atoms with Crippen LogP contribution in [0.1, 0.15) is 51.8 Å². The summed E-state index contributed by atoms with van der Waals surface area (Å²) in [6.07, 6.45) is 1.79. The molecule has 2 N–H and O–H groups in total. The Hall–Kier alpha value is -4.51. The number of hydrogen-bond donors (Lipinski definition) is 2. The maximum absolute atomic E-state index is 11.7. The molecule has 8 heteroatoms. The third-order valence-electron chi connectivity index (χ3n) is 6.31. The van der Waals surface area contributed by atoms with E-state index in [0.29, 0.717) is 41.3 Å². The van der Waals surface area contributed by atoms with Gasteiger partial charge in [0.2, 0.25) is 0 Å². The minimum absolute atomic E-state index is 0.205. The number of carbonyl (C=O) groups is 1. The summed E-state index contributed by atoms with van der Waals surface area (Å²) in [7, 11) is 0. The van der Waals surface area contributed by atoms with Gasteiger partial charge in [-0.2, -0.15) is 5.26 Å². The first-order valence-corrected chi connectivity index (χ1v) is 11.4. The van der Waals surface area contributed by atoms with Crippen molar-refractivity contribution in [2.24, 2.45) is 0 Å². The number of anilines is 2. The van der Waals surface area contributed by atoms with Crippen LogP contribution in [0.5, 0.6) is 0 Å². The van der Waals surface area contributed by atoms with E-state index < -0.39 is 5.97 Å². The van der Waals surface area contributed by atoms with E-state index >= 15 is 0 Å². The van der Waals surface area contributed by atoms with E-state index in [2.05, 4.69) is 26.3 Å². The average molecular weight is 465 g/mol. The van der Waals surface area contributed by atoms with Gasteiger partial charge in [0.05, 0.1) is 22.6 Å². The molecule has 4 aromatic rings. The van der Waals surface area contributed by atoms with Gasteiger partial charge in [-0.15, -0.1) is 0 Å². The Balaban J connectivity index is 1.51. The van der Waals surface area contributed by atoms with Crippen LogP contribution in [0.3, 0.4) is 0 Å². The summed E-state index contributed by atoms with van der Waals surface area (Å²) in [5, 5.41) is 22.7. The van der Waals surface area contributed by atoms with Crippen LogP contribution in [0.4, 0.5) is 11.5 Å². The molecule has 0 spiro atoms. The molecule has 174 valence electrons. The number of benzene rings is 2. The number of nitrogens with zero attached hydrogens (tertiary/aromatic N) is 5. The number of carboxylic acids is 1.